The molecule has 0 saturated carbocycles. The Hall–Kier alpha value is -1.10. The van der Waals surface area contributed by atoms with E-state index in [2.05, 4.69) is 23.7 Å². The van der Waals surface area contributed by atoms with E-state index in [9.17, 15) is 4.79 Å². The van der Waals surface area contributed by atoms with Crippen LogP contribution in [0.1, 0.15) is 36.8 Å². The molecule has 0 saturated heterocycles. The monoisotopic (exact) mass is 240 g/mol. The Balaban J connectivity index is 2.29. The summed E-state index contributed by atoms with van der Waals surface area (Å²) in [5, 5.41) is 10.0. The molecule has 0 aromatic carbocycles. The Morgan fingerprint density at radius 2 is 2.31 bits per heavy atom. The van der Waals surface area contributed by atoms with Gasteiger partial charge in [0.1, 0.15) is 5.92 Å². The number of aliphatic carboxylic acids is 1. The van der Waals surface area contributed by atoms with Gasteiger partial charge in [-0.3, -0.25) is 4.79 Å². The van der Waals surface area contributed by atoms with Gasteiger partial charge in [-0.25, -0.2) is 4.98 Å². The topological polar surface area (TPSA) is 53.4 Å². The van der Waals surface area contributed by atoms with Crippen LogP contribution in [0.5, 0.6) is 0 Å². The number of carboxylic acids is 1. The van der Waals surface area contributed by atoms with E-state index in [0.717, 1.165) is 22.1 Å². The van der Waals surface area contributed by atoms with Crippen molar-refractivity contribution in [3.05, 3.63) is 10.6 Å². The molecule has 0 aliphatic heterocycles. The SMILES string of the molecule is CC(C)N(C)c1nc2c(s1)CCC2C(=O)O. The molecule has 0 radical (unpaired) electrons. The number of nitrogens with zero attached hydrogens (tertiary/aromatic N) is 2. The largest absolute Gasteiger partial charge is 0.481 e. The summed E-state index contributed by atoms with van der Waals surface area (Å²) >= 11 is 1.63. The van der Waals surface area contributed by atoms with Crippen molar-refractivity contribution in [1.82, 2.24) is 4.98 Å². The standard InChI is InChI=1S/C11H16N2O2S/c1-6(2)13(3)11-12-9-7(10(14)15)4-5-8(9)16-11/h6-7H,4-5H2,1-3H3,(H,14,15). The van der Waals surface area contributed by atoms with Crippen LogP contribution in [0.2, 0.25) is 0 Å². The van der Waals surface area contributed by atoms with E-state index >= 15 is 0 Å². The first-order valence-corrected chi connectivity index (χ1v) is 6.27. The number of fused-ring (bicyclic) bond motifs is 1. The Bertz CT molecular complexity index is 414. The smallest absolute Gasteiger partial charge is 0.312 e. The minimum atomic E-state index is -0.747. The Morgan fingerprint density at radius 3 is 2.88 bits per heavy atom. The highest BCUT2D eigenvalue weighted by molar-refractivity contribution is 7.15. The van der Waals surface area contributed by atoms with Gasteiger partial charge in [-0.15, -0.1) is 11.3 Å². The van der Waals surface area contributed by atoms with Crippen LogP contribution in [0, 0.1) is 0 Å². The number of thiazole rings is 1. The third kappa shape index (κ3) is 1.80. The lowest BCUT2D eigenvalue weighted by Crippen LogP contribution is -2.25. The van der Waals surface area contributed by atoms with E-state index < -0.39 is 5.97 Å². The van der Waals surface area contributed by atoms with Crippen molar-refractivity contribution in [3.8, 4) is 0 Å². The van der Waals surface area contributed by atoms with Crippen molar-refractivity contribution >= 4 is 22.4 Å². The Morgan fingerprint density at radius 1 is 1.62 bits per heavy atom. The fourth-order valence-corrected chi connectivity index (χ4v) is 3.06. The maximum atomic E-state index is 11.0. The zero-order valence-corrected chi connectivity index (χ0v) is 10.5. The lowest BCUT2D eigenvalue weighted by Gasteiger charge is -2.20. The molecule has 1 N–H and O–H groups in total. The second kappa shape index (κ2) is 4.05. The van der Waals surface area contributed by atoms with Gasteiger partial charge in [0.2, 0.25) is 0 Å². The summed E-state index contributed by atoms with van der Waals surface area (Å²) < 4.78 is 0. The van der Waals surface area contributed by atoms with Gasteiger partial charge in [0.15, 0.2) is 5.13 Å². The van der Waals surface area contributed by atoms with Gasteiger partial charge < -0.3 is 10.0 Å². The molecule has 0 amide bonds. The van der Waals surface area contributed by atoms with E-state index in [-0.39, 0.29) is 5.92 Å². The molecule has 0 bridgehead atoms. The third-order valence-electron chi connectivity index (χ3n) is 3.08. The minimum absolute atomic E-state index is 0.384. The van der Waals surface area contributed by atoms with Crippen molar-refractivity contribution < 1.29 is 9.90 Å². The summed E-state index contributed by atoms with van der Waals surface area (Å²) in [5.41, 5.74) is 0.792. The molecule has 4 nitrogen and oxygen atoms in total. The van der Waals surface area contributed by atoms with E-state index in [1.807, 2.05) is 7.05 Å². The highest BCUT2D eigenvalue weighted by atomic mass is 32.1. The minimum Gasteiger partial charge on any atom is -0.481 e. The van der Waals surface area contributed by atoms with Gasteiger partial charge in [-0.1, -0.05) is 0 Å². The van der Waals surface area contributed by atoms with Gasteiger partial charge in [0, 0.05) is 18.0 Å². The Labute approximate surface area is 98.9 Å². The van der Waals surface area contributed by atoms with Crippen LogP contribution in [-0.2, 0) is 11.2 Å². The summed E-state index contributed by atoms with van der Waals surface area (Å²) in [6.07, 6.45) is 1.56. The van der Waals surface area contributed by atoms with Crippen molar-refractivity contribution in [2.45, 2.75) is 38.6 Å². The molecule has 0 spiro atoms. The number of carboxylic acid groups (broad SMARTS) is 1. The van der Waals surface area contributed by atoms with Crippen molar-refractivity contribution in [2.75, 3.05) is 11.9 Å². The molecule has 88 valence electrons. The van der Waals surface area contributed by atoms with Gasteiger partial charge in [0.25, 0.3) is 0 Å². The van der Waals surface area contributed by atoms with Crippen LogP contribution in [0.15, 0.2) is 0 Å². The zero-order valence-electron chi connectivity index (χ0n) is 9.73. The fraction of sp³-hybridized carbons (Fsp3) is 0.636. The lowest BCUT2D eigenvalue weighted by atomic mass is 10.1. The number of carbonyl (C=O) groups is 1. The normalized spacial score (nSPS) is 18.9. The van der Waals surface area contributed by atoms with Gasteiger partial charge >= 0.3 is 5.97 Å². The molecule has 1 atom stereocenters. The van der Waals surface area contributed by atoms with Crippen LogP contribution in [0.4, 0.5) is 5.13 Å². The number of rotatable bonds is 3. The molecule has 1 aliphatic rings. The van der Waals surface area contributed by atoms with E-state index in [4.69, 9.17) is 5.11 Å². The summed E-state index contributed by atoms with van der Waals surface area (Å²) in [5.74, 6) is -1.14. The number of hydrogen-bond donors (Lipinski definition) is 1. The first kappa shape index (κ1) is 11.4. The molecule has 1 aromatic rings. The van der Waals surface area contributed by atoms with Gasteiger partial charge in [-0.2, -0.15) is 0 Å². The predicted molar refractivity (Wildman–Crippen MR) is 64.4 cm³/mol. The Kier molecular flexibility index (Phi) is 2.88. The van der Waals surface area contributed by atoms with E-state index in [1.165, 1.54) is 0 Å². The molecular formula is C11H16N2O2S. The first-order chi connectivity index (χ1) is 7.50. The number of hydrogen-bond acceptors (Lipinski definition) is 4. The molecule has 1 heterocycles. The zero-order chi connectivity index (χ0) is 11.9. The van der Waals surface area contributed by atoms with Crippen molar-refractivity contribution in [1.29, 1.82) is 0 Å². The molecule has 1 aliphatic carbocycles. The molecule has 0 fully saturated rings. The van der Waals surface area contributed by atoms with Crippen molar-refractivity contribution in [3.63, 3.8) is 0 Å². The first-order valence-electron chi connectivity index (χ1n) is 5.46. The second-order valence-corrected chi connectivity index (χ2v) is 5.50. The molecule has 2 rings (SSSR count). The maximum Gasteiger partial charge on any atom is 0.312 e. The predicted octanol–water partition coefficient (Wildman–Crippen LogP) is 2.10. The highest BCUT2D eigenvalue weighted by Crippen LogP contribution is 2.39. The highest BCUT2D eigenvalue weighted by Gasteiger charge is 2.33. The van der Waals surface area contributed by atoms with E-state index in [0.29, 0.717) is 12.5 Å². The van der Waals surface area contributed by atoms with E-state index in [1.54, 1.807) is 11.3 Å². The summed E-state index contributed by atoms with van der Waals surface area (Å²) in [7, 11) is 1.99. The van der Waals surface area contributed by atoms with Crippen LogP contribution < -0.4 is 4.90 Å². The number of aryl methyl sites for hydroxylation is 1. The van der Waals surface area contributed by atoms with Gasteiger partial charge in [-0.05, 0) is 26.7 Å². The molecule has 16 heavy (non-hydrogen) atoms. The lowest BCUT2D eigenvalue weighted by molar-refractivity contribution is -0.138. The quantitative estimate of drug-likeness (QED) is 0.879. The van der Waals surface area contributed by atoms with Gasteiger partial charge in [0.05, 0.1) is 5.69 Å². The fourth-order valence-electron chi connectivity index (χ4n) is 1.83. The third-order valence-corrected chi connectivity index (χ3v) is 4.30. The number of anilines is 1. The molecular weight excluding hydrogens is 224 g/mol. The molecule has 1 unspecified atom stereocenters. The van der Waals surface area contributed by atoms with Crippen molar-refractivity contribution in [2.24, 2.45) is 0 Å². The second-order valence-electron chi connectivity index (χ2n) is 4.44. The van der Waals surface area contributed by atoms with Crippen LogP contribution in [0.25, 0.3) is 0 Å². The van der Waals surface area contributed by atoms with Crippen LogP contribution >= 0.6 is 11.3 Å². The molecule has 5 heteroatoms. The summed E-state index contributed by atoms with van der Waals surface area (Å²) in [6.45, 7) is 4.20. The van der Waals surface area contributed by atoms with Crippen LogP contribution in [-0.4, -0.2) is 29.1 Å². The summed E-state index contributed by atoms with van der Waals surface area (Å²) in [4.78, 5) is 18.7. The maximum absolute atomic E-state index is 11.0. The average Bonchev–Trinajstić information content (AvgIpc) is 2.73. The average molecular weight is 240 g/mol. The number of aromatic nitrogens is 1. The summed E-state index contributed by atoms with van der Waals surface area (Å²) in [6, 6.07) is 0.384. The van der Waals surface area contributed by atoms with Crippen LogP contribution in [0.3, 0.4) is 0 Å². The molecule has 1 aromatic heterocycles.